The van der Waals surface area contributed by atoms with E-state index in [1.165, 1.54) is 18.3 Å². The van der Waals surface area contributed by atoms with Crippen molar-refractivity contribution >= 4 is 39.0 Å². The van der Waals surface area contributed by atoms with Crippen molar-refractivity contribution in [3.8, 4) is 5.75 Å². The number of anilines is 1. The Hall–Kier alpha value is -2.93. The molecule has 6 nitrogen and oxygen atoms in total. The van der Waals surface area contributed by atoms with Crippen LogP contribution >= 0.6 is 11.3 Å². The van der Waals surface area contributed by atoms with E-state index < -0.39 is 5.97 Å². The summed E-state index contributed by atoms with van der Waals surface area (Å²) in [5, 5.41) is 0.796. The van der Waals surface area contributed by atoms with Crippen molar-refractivity contribution in [2.45, 2.75) is 20.8 Å². The molecule has 0 atom stereocenters. The van der Waals surface area contributed by atoms with Crippen LogP contribution in [0.4, 0.5) is 5.69 Å². The first kappa shape index (κ1) is 18.8. The molecule has 0 aliphatic carbocycles. The molecule has 27 heavy (non-hydrogen) atoms. The summed E-state index contributed by atoms with van der Waals surface area (Å²) in [6.45, 7) is 5.50. The van der Waals surface area contributed by atoms with Gasteiger partial charge in [-0.3, -0.25) is 4.79 Å². The number of nitrogens with two attached hydrogens (primary N) is 1. The van der Waals surface area contributed by atoms with Crippen molar-refractivity contribution < 1.29 is 19.1 Å². The predicted molar refractivity (Wildman–Crippen MR) is 106 cm³/mol. The largest absolute Gasteiger partial charge is 0.489 e. The number of thiophene rings is 1. The minimum Gasteiger partial charge on any atom is -0.489 e. The second kappa shape index (κ2) is 7.75. The molecule has 0 spiro atoms. The van der Waals surface area contributed by atoms with E-state index in [0.29, 0.717) is 21.9 Å². The zero-order valence-corrected chi connectivity index (χ0v) is 16.2. The molecule has 3 aromatic rings. The van der Waals surface area contributed by atoms with Gasteiger partial charge in [0.2, 0.25) is 0 Å². The lowest BCUT2D eigenvalue weighted by Crippen LogP contribution is -2.13. The van der Waals surface area contributed by atoms with Gasteiger partial charge in [0.05, 0.1) is 11.3 Å². The van der Waals surface area contributed by atoms with Crippen molar-refractivity contribution in [2.75, 3.05) is 18.9 Å². The van der Waals surface area contributed by atoms with Gasteiger partial charge >= 0.3 is 5.97 Å². The molecule has 2 N–H and O–H groups in total. The third kappa shape index (κ3) is 3.93. The molecule has 3 rings (SSSR count). The average molecular weight is 384 g/mol. The molecule has 0 fully saturated rings. The average Bonchev–Trinajstić information content (AvgIpc) is 2.95. The number of Topliss-reactive ketones (excluding diaryl/α,β-unsaturated/α-hetero) is 1. The highest BCUT2D eigenvalue weighted by molar-refractivity contribution is 7.21. The molecule has 1 aromatic carbocycles. The number of hydrogen-bond donors (Lipinski definition) is 1. The molecule has 140 valence electrons. The maximum Gasteiger partial charge on any atom is 0.350 e. The van der Waals surface area contributed by atoms with Gasteiger partial charge in [-0.1, -0.05) is 12.1 Å². The van der Waals surface area contributed by atoms with Gasteiger partial charge in [-0.15, -0.1) is 11.3 Å². The number of ether oxygens (including phenoxy) is 2. The molecule has 7 heteroatoms. The Morgan fingerprint density at radius 1 is 1.19 bits per heavy atom. The molecule has 0 aliphatic heterocycles. The Bertz CT molecular complexity index is 1030. The lowest BCUT2D eigenvalue weighted by molar-refractivity contribution is 0.0456. The number of para-hydroxylation sites is 1. The number of nitrogen functional groups attached to an aromatic ring is 1. The van der Waals surface area contributed by atoms with Crippen LogP contribution in [0.1, 0.15) is 38.2 Å². The van der Waals surface area contributed by atoms with E-state index in [2.05, 4.69) is 4.98 Å². The number of fused-ring (bicyclic) bond motifs is 1. The standard InChI is InChI=1S/C20H20N2O4S/c1-11-10-12(2)22-19-16(11)17(21)18(27-19)20(24)26-9-8-25-15-7-5-4-6-14(15)13(3)23/h4-7,10H,8-9,21H2,1-3H3. The van der Waals surface area contributed by atoms with Crippen LogP contribution in [0.15, 0.2) is 30.3 Å². The maximum atomic E-state index is 12.4. The molecule has 0 bridgehead atoms. The van der Waals surface area contributed by atoms with Crippen LogP contribution < -0.4 is 10.5 Å². The van der Waals surface area contributed by atoms with E-state index in [-0.39, 0.29) is 19.0 Å². The fourth-order valence-corrected chi connectivity index (χ4v) is 3.97. The lowest BCUT2D eigenvalue weighted by Gasteiger charge is -2.10. The first-order valence-electron chi connectivity index (χ1n) is 8.44. The number of aromatic nitrogens is 1. The number of benzene rings is 1. The number of carbonyl (C=O) groups is 2. The van der Waals surface area contributed by atoms with Gasteiger partial charge in [-0.25, -0.2) is 9.78 Å². The molecular formula is C20H20N2O4S. The molecule has 0 unspecified atom stereocenters. The van der Waals surface area contributed by atoms with E-state index in [4.69, 9.17) is 15.2 Å². The number of aryl methyl sites for hydroxylation is 2. The van der Waals surface area contributed by atoms with Gasteiger partial charge in [-0.05, 0) is 44.5 Å². The monoisotopic (exact) mass is 384 g/mol. The van der Waals surface area contributed by atoms with Crippen LogP contribution in [-0.2, 0) is 4.74 Å². The molecule has 0 radical (unpaired) electrons. The number of rotatable bonds is 6. The molecule has 2 heterocycles. The van der Waals surface area contributed by atoms with Crippen molar-refractivity contribution in [1.29, 1.82) is 0 Å². The molecule has 2 aromatic heterocycles. The lowest BCUT2D eigenvalue weighted by atomic mass is 10.1. The first-order valence-corrected chi connectivity index (χ1v) is 9.26. The SMILES string of the molecule is CC(=O)c1ccccc1OCCOC(=O)c1sc2nc(C)cc(C)c2c1N. The number of hydrogen-bond acceptors (Lipinski definition) is 7. The molecular weight excluding hydrogens is 364 g/mol. The van der Waals surface area contributed by atoms with Gasteiger partial charge in [0.15, 0.2) is 5.78 Å². The van der Waals surface area contributed by atoms with Gasteiger partial charge in [0.25, 0.3) is 0 Å². The van der Waals surface area contributed by atoms with Crippen LogP contribution in [0.25, 0.3) is 10.2 Å². The summed E-state index contributed by atoms with van der Waals surface area (Å²) in [4.78, 5) is 29.5. The summed E-state index contributed by atoms with van der Waals surface area (Å²) < 4.78 is 10.9. The van der Waals surface area contributed by atoms with Crippen molar-refractivity contribution in [1.82, 2.24) is 4.98 Å². The number of esters is 1. The van der Waals surface area contributed by atoms with Gasteiger partial charge in [0.1, 0.15) is 28.7 Å². The predicted octanol–water partition coefficient (Wildman–Crippen LogP) is 3.93. The van der Waals surface area contributed by atoms with Crippen molar-refractivity contribution in [2.24, 2.45) is 0 Å². The highest BCUT2D eigenvalue weighted by Gasteiger charge is 2.20. The molecule has 0 aliphatic rings. The Kier molecular flexibility index (Phi) is 5.41. The summed E-state index contributed by atoms with van der Waals surface area (Å²) in [5.41, 5.74) is 8.89. The minimum atomic E-state index is -0.504. The van der Waals surface area contributed by atoms with Gasteiger partial charge in [0, 0.05) is 11.1 Å². The van der Waals surface area contributed by atoms with Crippen LogP contribution in [-0.4, -0.2) is 30.0 Å². The smallest absolute Gasteiger partial charge is 0.350 e. The highest BCUT2D eigenvalue weighted by Crippen LogP contribution is 2.35. The fourth-order valence-electron chi connectivity index (χ4n) is 2.86. The zero-order valence-electron chi connectivity index (χ0n) is 15.4. The minimum absolute atomic E-state index is 0.0458. The molecule has 0 saturated carbocycles. The van der Waals surface area contributed by atoms with Crippen LogP contribution in [0.2, 0.25) is 0 Å². The second-order valence-electron chi connectivity index (χ2n) is 6.14. The van der Waals surface area contributed by atoms with Gasteiger partial charge < -0.3 is 15.2 Å². The highest BCUT2D eigenvalue weighted by atomic mass is 32.1. The summed E-state index contributed by atoms with van der Waals surface area (Å²) in [6.07, 6.45) is 0. The van der Waals surface area contributed by atoms with Crippen molar-refractivity contribution in [3.63, 3.8) is 0 Å². The summed E-state index contributed by atoms with van der Waals surface area (Å²) in [5.74, 6) is -0.118. The molecule has 0 saturated heterocycles. The van der Waals surface area contributed by atoms with E-state index >= 15 is 0 Å². The quantitative estimate of drug-likeness (QED) is 0.393. The number of nitrogens with zero attached hydrogens (tertiary/aromatic N) is 1. The van der Waals surface area contributed by atoms with E-state index in [1.54, 1.807) is 24.3 Å². The summed E-state index contributed by atoms with van der Waals surface area (Å²) >= 11 is 1.22. The van der Waals surface area contributed by atoms with Crippen molar-refractivity contribution in [3.05, 3.63) is 52.0 Å². The van der Waals surface area contributed by atoms with Crippen LogP contribution in [0, 0.1) is 13.8 Å². The number of carbonyl (C=O) groups excluding carboxylic acids is 2. The zero-order chi connectivity index (χ0) is 19.6. The Labute approximate surface area is 160 Å². The van der Waals surface area contributed by atoms with Crippen LogP contribution in [0.3, 0.4) is 0 Å². The molecule has 0 amide bonds. The normalized spacial score (nSPS) is 10.8. The number of pyridine rings is 1. The third-order valence-corrected chi connectivity index (χ3v) is 5.13. The van der Waals surface area contributed by atoms with E-state index in [0.717, 1.165) is 21.5 Å². The van der Waals surface area contributed by atoms with Gasteiger partial charge in [-0.2, -0.15) is 0 Å². The third-order valence-electron chi connectivity index (χ3n) is 4.05. The Morgan fingerprint density at radius 3 is 2.67 bits per heavy atom. The summed E-state index contributed by atoms with van der Waals surface area (Å²) in [6, 6.07) is 8.88. The van der Waals surface area contributed by atoms with Crippen LogP contribution in [0.5, 0.6) is 5.75 Å². The maximum absolute atomic E-state index is 12.4. The topological polar surface area (TPSA) is 91.5 Å². The first-order chi connectivity index (χ1) is 12.9. The van der Waals surface area contributed by atoms with E-state index in [1.807, 2.05) is 19.9 Å². The Balaban J connectivity index is 1.65. The fraction of sp³-hybridized carbons (Fsp3) is 0.250. The Morgan fingerprint density at radius 2 is 1.93 bits per heavy atom. The number of ketones is 1. The summed E-state index contributed by atoms with van der Waals surface area (Å²) in [7, 11) is 0. The second-order valence-corrected chi connectivity index (χ2v) is 7.14. The van der Waals surface area contributed by atoms with E-state index in [9.17, 15) is 9.59 Å².